The topological polar surface area (TPSA) is 89.9 Å². The molecule has 0 aromatic heterocycles. The minimum absolute atomic E-state index is 0.0136. The Bertz CT molecular complexity index is 295. The smallest absolute Gasteiger partial charge is 0.326 e. The number of rotatable bonds is 4. The SMILES string of the molecule is CCCC(C)NC(=O)N1C[C@@H](O)C[C@H]1C(=O)O. The highest BCUT2D eigenvalue weighted by Crippen LogP contribution is 2.18. The normalized spacial score (nSPS) is 25.7. The molecule has 17 heavy (non-hydrogen) atoms. The number of carbonyl (C=O) groups is 2. The summed E-state index contributed by atoms with van der Waals surface area (Å²) in [4.78, 5) is 24.0. The molecule has 2 amide bonds. The van der Waals surface area contributed by atoms with Crippen molar-refractivity contribution in [2.45, 2.75) is 51.3 Å². The molecule has 98 valence electrons. The molecule has 1 unspecified atom stereocenters. The number of amides is 2. The second kappa shape index (κ2) is 5.86. The number of nitrogens with zero attached hydrogens (tertiary/aromatic N) is 1. The van der Waals surface area contributed by atoms with Gasteiger partial charge >= 0.3 is 12.0 Å². The highest BCUT2D eigenvalue weighted by atomic mass is 16.4. The van der Waals surface area contributed by atoms with Crippen LogP contribution in [0.4, 0.5) is 4.79 Å². The van der Waals surface area contributed by atoms with Gasteiger partial charge in [0.1, 0.15) is 6.04 Å². The summed E-state index contributed by atoms with van der Waals surface area (Å²) in [6.07, 6.45) is 1.15. The van der Waals surface area contributed by atoms with Gasteiger partial charge in [0.15, 0.2) is 0 Å². The van der Waals surface area contributed by atoms with Gasteiger partial charge in [-0.25, -0.2) is 9.59 Å². The average molecular weight is 244 g/mol. The van der Waals surface area contributed by atoms with E-state index in [1.807, 2.05) is 13.8 Å². The summed E-state index contributed by atoms with van der Waals surface area (Å²) >= 11 is 0. The number of aliphatic hydroxyl groups is 1. The molecular weight excluding hydrogens is 224 g/mol. The predicted molar refractivity (Wildman–Crippen MR) is 61.7 cm³/mol. The number of carbonyl (C=O) groups excluding carboxylic acids is 1. The molecule has 0 saturated carbocycles. The number of aliphatic carboxylic acids is 1. The maximum absolute atomic E-state index is 11.8. The molecular formula is C11H20N2O4. The first-order valence-electron chi connectivity index (χ1n) is 5.93. The van der Waals surface area contributed by atoms with Crippen LogP contribution in [0.1, 0.15) is 33.1 Å². The number of hydrogen-bond acceptors (Lipinski definition) is 3. The van der Waals surface area contributed by atoms with Gasteiger partial charge in [-0.1, -0.05) is 13.3 Å². The number of aliphatic hydroxyl groups excluding tert-OH is 1. The summed E-state index contributed by atoms with van der Waals surface area (Å²) in [5, 5.41) is 21.1. The standard InChI is InChI=1S/C11H20N2O4/c1-3-4-7(2)12-11(17)13-6-8(14)5-9(13)10(15)16/h7-9,14H,3-6H2,1-2H3,(H,12,17)(H,15,16)/t7?,8-,9-/m0/s1. The zero-order chi connectivity index (χ0) is 13.0. The predicted octanol–water partition coefficient (Wildman–Crippen LogP) is 0.404. The number of likely N-dealkylation sites (tertiary alicyclic amines) is 1. The highest BCUT2D eigenvalue weighted by molar-refractivity contribution is 5.83. The summed E-state index contributed by atoms with van der Waals surface area (Å²) in [6, 6.07) is -1.31. The number of carboxylic acid groups (broad SMARTS) is 1. The summed E-state index contributed by atoms with van der Waals surface area (Å²) < 4.78 is 0. The van der Waals surface area contributed by atoms with E-state index in [4.69, 9.17) is 5.11 Å². The van der Waals surface area contributed by atoms with Crippen LogP contribution in [0, 0.1) is 0 Å². The molecule has 1 heterocycles. The van der Waals surface area contributed by atoms with Crippen molar-refractivity contribution in [1.82, 2.24) is 10.2 Å². The number of hydrogen-bond donors (Lipinski definition) is 3. The molecule has 0 radical (unpaired) electrons. The van der Waals surface area contributed by atoms with Gasteiger partial charge < -0.3 is 20.4 Å². The van der Waals surface area contributed by atoms with Gasteiger partial charge in [-0.2, -0.15) is 0 Å². The maximum Gasteiger partial charge on any atom is 0.326 e. The zero-order valence-corrected chi connectivity index (χ0v) is 10.2. The number of urea groups is 1. The molecule has 1 aliphatic rings. The van der Waals surface area contributed by atoms with Crippen LogP contribution in [0.5, 0.6) is 0 Å². The first-order chi connectivity index (χ1) is 7.95. The van der Waals surface area contributed by atoms with Gasteiger partial charge in [-0.3, -0.25) is 0 Å². The molecule has 1 rings (SSSR count). The van der Waals surface area contributed by atoms with Crippen LogP contribution < -0.4 is 5.32 Å². The lowest BCUT2D eigenvalue weighted by molar-refractivity contribution is -0.141. The zero-order valence-electron chi connectivity index (χ0n) is 10.2. The summed E-state index contributed by atoms with van der Waals surface area (Å²) in [5.41, 5.74) is 0. The van der Waals surface area contributed by atoms with E-state index in [2.05, 4.69) is 5.32 Å². The molecule has 1 saturated heterocycles. The van der Waals surface area contributed by atoms with Gasteiger partial charge in [0.05, 0.1) is 6.10 Å². The largest absolute Gasteiger partial charge is 0.480 e. The van der Waals surface area contributed by atoms with Crippen molar-refractivity contribution in [2.24, 2.45) is 0 Å². The molecule has 0 aromatic carbocycles. The maximum atomic E-state index is 11.8. The van der Waals surface area contributed by atoms with Gasteiger partial charge in [0.2, 0.25) is 0 Å². The number of β-amino-alcohol motifs (C(OH)–C–C–N with tert-alkyl or cyclic N) is 1. The molecule has 3 atom stereocenters. The summed E-state index contributed by atoms with van der Waals surface area (Å²) in [7, 11) is 0. The van der Waals surface area contributed by atoms with E-state index in [1.165, 1.54) is 4.90 Å². The fourth-order valence-electron chi connectivity index (χ4n) is 2.07. The minimum Gasteiger partial charge on any atom is -0.480 e. The van der Waals surface area contributed by atoms with Crippen LogP contribution in [0.2, 0.25) is 0 Å². The molecule has 1 aliphatic heterocycles. The minimum atomic E-state index is -1.07. The van der Waals surface area contributed by atoms with Gasteiger partial charge in [-0.05, 0) is 13.3 Å². The lowest BCUT2D eigenvalue weighted by atomic mass is 10.2. The van der Waals surface area contributed by atoms with Crippen molar-refractivity contribution in [1.29, 1.82) is 0 Å². The Morgan fingerprint density at radius 1 is 1.53 bits per heavy atom. The Morgan fingerprint density at radius 3 is 2.71 bits per heavy atom. The molecule has 1 fully saturated rings. The lowest BCUT2D eigenvalue weighted by Gasteiger charge is -2.24. The Balaban J connectivity index is 2.58. The number of carboxylic acids is 1. The molecule has 0 bridgehead atoms. The van der Waals surface area contributed by atoms with E-state index < -0.39 is 24.1 Å². The van der Waals surface area contributed by atoms with E-state index in [0.717, 1.165) is 12.8 Å². The molecule has 0 spiro atoms. The fraction of sp³-hybridized carbons (Fsp3) is 0.818. The molecule has 3 N–H and O–H groups in total. The third-order valence-corrected chi connectivity index (χ3v) is 2.92. The lowest BCUT2D eigenvalue weighted by Crippen LogP contribution is -2.48. The summed E-state index contributed by atoms with van der Waals surface area (Å²) in [5.74, 6) is -1.07. The van der Waals surface area contributed by atoms with Crippen LogP contribution in [0.3, 0.4) is 0 Å². The van der Waals surface area contributed by atoms with Gasteiger partial charge in [0, 0.05) is 19.0 Å². The Morgan fingerprint density at radius 2 is 2.18 bits per heavy atom. The number of nitrogens with one attached hydrogen (secondary N) is 1. The van der Waals surface area contributed by atoms with Crippen LogP contribution in [-0.2, 0) is 4.79 Å². The fourth-order valence-corrected chi connectivity index (χ4v) is 2.07. The summed E-state index contributed by atoms with van der Waals surface area (Å²) in [6.45, 7) is 3.98. The van der Waals surface area contributed by atoms with Crippen molar-refractivity contribution >= 4 is 12.0 Å². The van der Waals surface area contributed by atoms with E-state index >= 15 is 0 Å². The van der Waals surface area contributed by atoms with E-state index in [-0.39, 0.29) is 19.0 Å². The van der Waals surface area contributed by atoms with Crippen molar-refractivity contribution in [3.63, 3.8) is 0 Å². The van der Waals surface area contributed by atoms with Gasteiger partial charge in [-0.15, -0.1) is 0 Å². The third kappa shape index (κ3) is 3.59. The van der Waals surface area contributed by atoms with E-state index in [0.29, 0.717) is 0 Å². The van der Waals surface area contributed by atoms with Crippen LogP contribution in [-0.4, -0.2) is 51.8 Å². The quantitative estimate of drug-likeness (QED) is 0.668. The third-order valence-electron chi connectivity index (χ3n) is 2.92. The monoisotopic (exact) mass is 244 g/mol. The molecule has 6 nitrogen and oxygen atoms in total. The van der Waals surface area contributed by atoms with Crippen molar-refractivity contribution in [3.05, 3.63) is 0 Å². The first-order valence-corrected chi connectivity index (χ1v) is 5.93. The average Bonchev–Trinajstić information content (AvgIpc) is 2.60. The Kier molecular flexibility index (Phi) is 4.74. The second-order valence-corrected chi connectivity index (χ2v) is 4.54. The Hall–Kier alpha value is -1.30. The Labute approximate surface area is 101 Å². The van der Waals surface area contributed by atoms with Crippen molar-refractivity contribution < 1.29 is 19.8 Å². The van der Waals surface area contributed by atoms with E-state index in [9.17, 15) is 14.7 Å². The van der Waals surface area contributed by atoms with Crippen molar-refractivity contribution in [2.75, 3.05) is 6.54 Å². The van der Waals surface area contributed by atoms with Crippen LogP contribution >= 0.6 is 0 Å². The second-order valence-electron chi connectivity index (χ2n) is 4.54. The van der Waals surface area contributed by atoms with Crippen molar-refractivity contribution in [3.8, 4) is 0 Å². The molecule has 0 aliphatic carbocycles. The first kappa shape index (κ1) is 13.8. The van der Waals surface area contributed by atoms with Crippen LogP contribution in [0.15, 0.2) is 0 Å². The van der Waals surface area contributed by atoms with E-state index in [1.54, 1.807) is 0 Å². The highest BCUT2D eigenvalue weighted by Gasteiger charge is 2.39. The van der Waals surface area contributed by atoms with Crippen LogP contribution in [0.25, 0.3) is 0 Å². The molecule has 0 aromatic rings. The van der Waals surface area contributed by atoms with Gasteiger partial charge in [0.25, 0.3) is 0 Å². The molecule has 6 heteroatoms.